The fourth-order valence-corrected chi connectivity index (χ4v) is 5.57. The van der Waals surface area contributed by atoms with Crippen LogP contribution in [0.5, 0.6) is 0 Å². The van der Waals surface area contributed by atoms with Crippen LogP contribution in [0.2, 0.25) is 0 Å². The van der Waals surface area contributed by atoms with E-state index in [0.717, 1.165) is 37.9 Å². The van der Waals surface area contributed by atoms with Gasteiger partial charge in [-0.1, -0.05) is 35.9 Å². The highest BCUT2D eigenvalue weighted by molar-refractivity contribution is 7.61. The van der Waals surface area contributed by atoms with E-state index in [0.29, 0.717) is 17.6 Å². The molecule has 33 heavy (non-hydrogen) atoms. The molecule has 0 spiro atoms. The molecule has 3 aromatic rings. The van der Waals surface area contributed by atoms with Gasteiger partial charge in [0.15, 0.2) is 0 Å². The summed E-state index contributed by atoms with van der Waals surface area (Å²) >= 11 is 8.26. The Hall–Kier alpha value is -2.33. The second kappa shape index (κ2) is 11.2. The van der Waals surface area contributed by atoms with Crippen molar-refractivity contribution in [1.82, 2.24) is 4.98 Å². The number of hydrogen-bond acceptors (Lipinski definition) is 5. The van der Waals surface area contributed by atoms with Crippen molar-refractivity contribution < 1.29 is 4.57 Å². The van der Waals surface area contributed by atoms with Gasteiger partial charge in [0.05, 0.1) is 39.1 Å². The first-order valence-electron chi connectivity index (χ1n) is 10.9. The van der Waals surface area contributed by atoms with Crippen molar-refractivity contribution in [2.24, 2.45) is 0 Å². The summed E-state index contributed by atoms with van der Waals surface area (Å²) in [6.07, 6.45) is 7.14. The lowest BCUT2D eigenvalue weighted by Crippen LogP contribution is -2.18. The average Bonchev–Trinajstić information content (AvgIpc) is 3.11. The Morgan fingerprint density at radius 2 is 2.03 bits per heavy atom. The largest absolute Gasteiger partial charge is 0.378 e. The Kier molecular flexibility index (Phi) is 8.58. The predicted molar refractivity (Wildman–Crippen MR) is 147 cm³/mol. The highest BCUT2D eigenvalue weighted by Gasteiger charge is 2.12. The Labute approximate surface area is 205 Å². The zero-order valence-electron chi connectivity index (χ0n) is 19.6. The van der Waals surface area contributed by atoms with Gasteiger partial charge in [-0.15, -0.1) is 17.9 Å². The van der Waals surface area contributed by atoms with Gasteiger partial charge in [-0.25, -0.2) is 4.98 Å². The summed E-state index contributed by atoms with van der Waals surface area (Å²) in [6.45, 7) is 11.5. The van der Waals surface area contributed by atoms with Gasteiger partial charge in [0.25, 0.3) is 0 Å². The summed E-state index contributed by atoms with van der Waals surface area (Å²) < 4.78 is 13.4. The maximum absolute atomic E-state index is 12.3. The van der Waals surface area contributed by atoms with E-state index in [-0.39, 0.29) is 6.04 Å². The number of rotatable bonds is 10. The third kappa shape index (κ3) is 7.60. The highest BCUT2D eigenvalue weighted by Crippen LogP contribution is 2.40. The van der Waals surface area contributed by atoms with Crippen LogP contribution in [0.15, 0.2) is 78.0 Å². The molecule has 1 unspecified atom stereocenters. The molecule has 1 heterocycles. The van der Waals surface area contributed by atoms with Gasteiger partial charge in [-0.05, 0) is 75.6 Å². The zero-order chi connectivity index (χ0) is 24.0. The van der Waals surface area contributed by atoms with E-state index in [9.17, 15) is 4.57 Å². The Morgan fingerprint density at radius 1 is 1.24 bits per heavy atom. The number of nitrogens with zero attached hydrogens (tertiary/aromatic N) is 1. The number of hydrogen-bond donors (Lipinski definition) is 2. The molecular weight excluding hydrogens is 469 g/mol. The Morgan fingerprint density at radius 3 is 2.73 bits per heavy atom. The minimum absolute atomic E-state index is 0.0331. The summed E-state index contributed by atoms with van der Waals surface area (Å²) in [7, 11) is -2.14. The SMILES string of the molecule is C=CCC(/C=C(Nc1ccc2sc(C)nc2c1)\C(Cl)=C/C)Nc1cccc(CP(C)(C)=O)c1. The van der Waals surface area contributed by atoms with Crippen LogP contribution in [0.3, 0.4) is 0 Å². The van der Waals surface area contributed by atoms with Crippen LogP contribution in [0.25, 0.3) is 10.2 Å². The normalized spacial score (nSPS) is 13.7. The Balaban J connectivity index is 1.87. The van der Waals surface area contributed by atoms with Gasteiger partial charge in [0, 0.05) is 17.5 Å². The molecule has 0 saturated heterocycles. The van der Waals surface area contributed by atoms with E-state index in [4.69, 9.17) is 11.6 Å². The molecule has 0 aliphatic carbocycles. The molecule has 0 saturated carbocycles. The first-order valence-corrected chi connectivity index (χ1v) is 14.8. The first kappa shape index (κ1) is 25.3. The van der Waals surface area contributed by atoms with Crippen molar-refractivity contribution in [3.63, 3.8) is 0 Å². The molecule has 3 rings (SSSR count). The smallest absolute Gasteiger partial charge is 0.0907 e. The first-order chi connectivity index (χ1) is 15.7. The molecule has 0 fully saturated rings. The molecule has 0 aliphatic heterocycles. The lowest BCUT2D eigenvalue weighted by atomic mass is 10.1. The molecule has 0 amide bonds. The van der Waals surface area contributed by atoms with Crippen molar-refractivity contribution in [2.45, 2.75) is 32.5 Å². The summed E-state index contributed by atoms with van der Waals surface area (Å²) in [5.74, 6) is 0. The summed E-state index contributed by atoms with van der Waals surface area (Å²) in [6, 6.07) is 14.2. The van der Waals surface area contributed by atoms with E-state index in [1.807, 2.05) is 69.7 Å². The number of aromatic nitrogens is 1. The molecule has 0 aliphatic rings. The molecule has 174 valence electrons. The van der Waals surface area contributed by atoms with Gasteiger partial charge in [-0.2, -0.15) is 0 Å². The average molecular weight is 500 g/mol. The summed E-state index contributed by atoms with van der Waals surface area (Å²) in [5, 5.41) is 8.70. The molecule has 1 aromatic heterocycles. The minimum atomic E-state index is -2.14. The topological polar surface area (TPSA) is 54.0 Å². The number of allylic oxidation sites excluding steroid dienone is 2. The number of nitrogens with one attached hydrogen (secondary N) is 2. The monoisotopic (exact) mass is 499 g/mol. The molecule has 4 nitrogen and oxygen atoms in total. The van der Waals surface area contributed by atoms with Crippen LogP contribution in [0.1, 0.15) is 23.9 Å². The molecule has 2 N–H and O–H groups in total. The van der Waals surface area contributed by atoms with E-state index >= 15 is 0 Å². The van der Waals surface area contributed by atoms with Gasteiger partial charge in [-0.3, -0.25) is 0 Å². The molecule has 0 bridgehead atoms. The summed E-state index contributed by atoms with van der Waals surface area (Å²) in [4.78, 5) is 4.59. The minimum Gasteiger partial charge on any atom is -0.378 e. The van der Waals surface area contributed by atoms with E-state index in [2.05, 4.69) is 40.4 Å². The van der Waals surface area contributed by atoms with Crippen LogP contribution in [-0.4, -0.2) is 24.4 Å². The second-order valence-electron chi connectivity index (χ2n) is 8.46. The van der Waals surface area contributed by atoms with E-state index < -0.39 is 7.14 Å². The summed E-state index contributed by atoms with van der Waals surface area (Å²) in [5.41, 5.74) is 4.75. The number of halogens is 1. The van der Waals surface area contributed by atoms with E-state index in [1.54, 1.807) is 11.3 Å². The van der Waals surface area contributed by atoms with Crippen LogP contribution in [0, 0.1) is 6.92 Å². The van der Waals surface area contributed by atoms with Crippen LogP contribution >= 0.6 is 30.1 Å². The molecular formula is C26H31ClN3OPS. The van der Waals surface area contributed by atoms with Gasteiger partial charge in [0.1, 0.15) is 0 Å². The number of fused-ring (bicyclic) bond motifs is 1. The number of aryl methyl sites for hydroxylation is 1. The van der Waals surface area contributed by atoms with Crippen LogP contribution in [0.4, 0.5) is 11.4 Å². The quantitative estimate of drug-likeness (QED) is 0.167. The molecule has 1 atom stereocenters. The van der Waals surface area contributed by atoms with Crippen LogP contribution < -0.4 is 10.6 Å². The third-order valence-corrected chi connectivity index (χ3v) is 7.42. The number of benzene rings is 2. The molecule has 7 heteroatoms. The predicted octanol–water partition coefficient (Wildman–Crippen LogP) is 8.22. The van der Waals surface area contributed by atoms with Crippen molar-refractivity contribution in [3.8, 4) is 0 Å². The van der Waals surface area contributed by atoms with Crippen molar-refractivity contribution in [2.75, 3.05) is 24.0 Å². The van der Waals surface area contributed by atoms with Crippen molar-refractivity contribution in [3.05, 3.63) is 88.6 Å². The maximum Gasteiger partial charge on any atom is 0.0907 e. The molecule has 0 radical (unpaired) electrons. The highest BCUT2D eigenvalue weighted by atomic mass is 35.5. The number of anilines is 2. The lowest BCUT2D eigenvalue weighted by Gasteiger charge is -2.19. The second-order valence-corrected chi connectivity index (χ2v) is 13.6. The van der Waals surface area contributed by atoms with Crippen molar-refractivity contribution in [1.29, 1.82) is 0 Å². The third-order valence-electron chi connectivity index (χ3n) is 4.92. The van der Waals surface area contributed by atoms with Gasteiger partial charge in [0.2, 0.25) is 0 Å². The van der Waals surface area contributed by atoms with Gasteiger partial charge < -0.3 is 15.2 Å². The fourth-order valence-electron chi connectivity index (χ4n) is 3.57. The van der Waals surface area contributed by atoms with E-state index in [1.165, 1.54) is 0 Å². The van der Waals surface area contributed by atoms with Crippen molar-refractivity contribution >= 4 is 51.7 Å². The fraction of sp³-hybridized carbons (Fsp3) is 0.269. The van der Waals surface area contributed by atoms with Gasteiger partial charge >= 0.3 is 0 Å². The zero-order valence-corrected chi connectivity index (χ0v) is 22.0. The lowest BCUT2D eigenvalue weighted by molar-refractivity contribution is 0.582. The van der Waals surface area contributed by atoms with Crippen LogP contribution in [-0.2, 0) is 10.7 Å². The standard InChI is InChI=1S/C26H31ClN3OPS/c1-6-9-20(29-21-11-8-10-19(14-21)17-32(4,5)31)15-24(23(27)7-2)30-22-12-13-26-25(16-22)28-18(3)33-26/h6-8,10-16,20,29-30H,1,9,17H2,2-5H3/b23-7+,24-15+. The molecule has 2 aromatic carbocycles. The Bertz CT molecular complexity index is 1240. The maximum atomic E-state index is 12.3. The number of thiazole rings is 1.